The van der Waals surface area contributed by atoms with Gasteiger partial charge in [0.15, 0.2) is 5.82 Å². The Kier molecular flexibility index (Phi) is 4.11. The van der Waals surface area contributed by atoms with Crippen molar-refractivity contribution < 1.29 is 13.6 Å². The lowest BCUT2D eigenvalue weighted by atomic mass is 10.1. The fraction of sp³-hybridized carbons (Fsp3) is 0. The lowest BCUT2D eigenvalue weighted by Gasteiger charge is -2.08. The third-order valence-corrected chi connectivity index (χ3v) is 2.87. The van der Waals surface area contributed by atoms with Crippen LogP contribution in [-0.4, -0.2) is 5.91 Å². The first-order valence-electron chi connectivity index (χ1n) is 5.39. The second-order valence-corrected chi connectivity index (χ2v) is 4.84. The Bertz CT molecular complexity index is 672. The van der Waals surface area contributed by atoms with E-state index in [4.69, 9.17) is 28.9 Å². The summed E-state index contributed by atoms with van der Waals surface area (Å²) in [5.74, 6) is -2.65. The molecule has 2 rings (SSSR count). The average Bonchev–Trinajstić information content (AvgIpc) is 2.32. The van der Waals surface area contributed by atoms with E-state index in [9.17, 15) is 13.6 Å². The number of benzene rings is 2. The first-order valence-corrected chi connectivity index (χ1v) is 6.14. The molecule has 0 unspecified atom stereocenters. The first kappa shape index (κ1) is 14.6. The zero-order valence-corrected chi connectivity index (χ0v) is 11.4. The number of hydrogen-bond donors (Lipinski definition) is 2. The molecule has 0 aromatic heterocycles. The van der Waals surface area contributed by atoms with E-state index in [1.807, 2.05) is 0 Å². The molecule has 2 aromatic carbocycles. The molecule has 0 spiro atoms. The third-order valence-electron chi connectivity index (χ3n) is 2.43. The number of anilines is 2. The van der Waals surface area contributed by atoms with Crippen molar-refractivity contribution in [3.63, 3.8) is 0 Å². The largest absolute Gasteiger partial charge is 0.396 e. The quantitative estimate of drug-likeness (QED) is 0.819. The molecule has 7 heteroatoms. The van der Waals surface area contributed by atoms with E-state index in [-0.39, 0.29) is 5.69 Å². The van der Waals surface area contributed by atoms with Gasteiger partial charge in [-0.15, -0.1) is 0 Å². The zero-order valence-electron chi connectivity index (χ0n) is 9.88. The van der Waals surface area contributed by atoms with Crippen LogP contribution in [0, 0.1) is 11.6 Å². The molecular formula is C13H8Cl2F2N2O. The van der Waals surface area contributed by atoms with Crippen LogP contribution in [-0.2, 0) is 0 Å². The zero-order chi connectivity index (χ0) is 14.9. The second kappa shape index (κ2) is 5.64. The first-order chi connectivity index (χ1) is 9.36. The summed E-state index contributed by atoms with van der Waals surface area (Å²) < 4.78 is 26.9. The highest BCUT2D eigenvalue weighted by molar-refractivity contribution is 6.35. The average molecular weight is 317 g/mol. The minimum Gasteiger partial charge on any atom is -0.396 e. The van der Waals surface area contributed by atoms with Gasteiger partial charge in [0.1, 0.15) is 5.82 Å². The molecule has 0 fully saturated rings. The molecule has 0 heterocycles. The monoisotopic (exact) mass is 316 g/mol. The summed E-state index contributed by atoms with van der Waals surface area (Å²) in [5.41, 5.74) is 4.58. The number of nitrogens with one attached hydrogen (secondary N) is 1. The Balaban J connectivity index is 2.33. The second-order valence-electron chi connectivity index (χ2n) is 3.97. The molecule has 0 radical (unpaired) electrons. The van der Waals surface area contributed by atoms with Gasteiger partial charge in [0.2, 0.25) is 0 Å². The van der Waals surface area contributed by atoms with Crippen molar-refractivity contribution in [2.75, 3.05) is 11.1 Å². The Hall–Kier alpha value is -1.85. The van der Waals surface area contributed by atoms with Crippen LogP contribution in [0.25, 0.3) is 0 Å². The van der Waals surface area contributed by atoms with Gasteiger partial charge in [-0.1, -0.05) is 23.2 Å². The molecule has 20 heavy (non-hydrogen) atoms. The fourth-order valence-corrected chi connectivity index (χ4v) is 2.13. The van der Waals surface area contributed by atoms with Crippen molar-refractivity contribution in [2.45, 2.75) is 0 Å². The number of rotatable bonds is 2. The Morgan fingerprint density at radius 3 is 2.25 bits per heavy atom. The molecule has 1 amide bonds. The molecule has 2 aromatic rings. The minimum atomic E-state index is -0.989. The maximum absolute atomic E-state index is 13.7. The topological polar surface area (TPSA) is 55.1 Å². The van der Waals surface area contributed by atoms with Gasteiger partial charge in [-0.2, -0.15) is 0 Å². The minimum absolute atomic E-state index is 0.259. The lowest BCUT2D eigenvalue weighted by Crippen LogP contribution is -2.15. The predicted octanol–water partition coefficient (Wildman–Crippen LogP) is 4.11. The van der Waals surface area contributed by atoms with Crippen LogP contribution in [0.3, 0.4) is 0 Å². The molecule has 3 N–H and O–H groups in total. The number of hydrogen-bond acceptors (Lipinski definition) is 2. The summed E-state index contributed by atoms with van der Waals surface area (Å²) in [6.45, 7) is 0. The number of carbonyl (C=O) groups excluding carboxylic acids is 1. The molecule has 0 bridgehead atoms. The molecule has 104 valence electrons. The van der Waals surface area contributed by atoms with Gasteiger partial charge >= 0.3 is 0 Å². The van der Waals surface area contributed by atoms with Gasteiger partial charge in [-0.25, -0.2) is 8.78 Å². The molecule has 0 atom stereocenters. The van der Waals surface area contributed by atoms with Crippen LogP contribution in [0.4, 0.5) is 20.2 Å². The van der Waals surface area contributed by atoms with Gasteiger partial charge in [0.05, 0.1) is 11.3 Å². The van der Waals surface area contributed by atoms with E-state index >= 15 is 0 Å². The maximum Gasteiger partial charge on any atom is 0.258 e. The van der Waals surface area contributed by atoms with Gasteiger partial charge in [0.25, 0.3) is 5.91 Å². The number of carbonyl (C=O) groups is 1. The molecule has 0 aliphatic carbocycles. The molecule has 3 nitrogen and oxygen atoms in total. The molecule has 0 aliphatic heterocycles. The maximum atomic E-state index is 13.7. The predicted molar refractivity (Wildman–Crippen MR) is 75.2 cm³/mol. The van der Waals surface area contributed by atoms with Gasteiger partial charge in [0, 0.05) is 15.7 Å². The number of nitrogens with two attached hydrogens (primary N) is 1. The van der Waals surface area contributed by atoms with Crippen molar-refractivity contribution in [3.05, 3.63) is 57.6 Å². The molecule has 0 saturated carbocycles. The Morgan fingerprint density at radius 1 is 1.05 bits per heavy atom. The summed E-state index contributed by atoms with van der Waals surface area (Å²) >= 11 is 11.5. The highest BCUT2D eigenvalue weighted by Gasteiger charge is 2.16. The highest BCUT2D eigenvalue weighted by atomic mass is 35.5. The molecule has 0 aliphatic rings. The van der Waals surface area contributed by atoms with Crippen LogP contribution in [0.2, 0.25) is 10.0 Å². The van der Waals surface area contributed by atoms with E-state index in [0.717, 1.165) is 12.1 Å². The summed E-state index contributed by atoms with van der Waals surface area (Å²) in [7, 11) is 0. The van der Waals surface area contributed by atoms with Crippen LogP contribution in [0.5, 0.6) is 0 Å². The number of halogens is 4. The van der Waals surface area contributed by atoms with Crippen molar-refractivity contribution >= 4 is 40.5 Å². The summed E-state index contributed by atoms with van der Waals surface area (Å²) in [4.78, 5) is 11.9. The smallest absolute Gasteiger partial charge is 0.258 e. The van der Waals surface area contributed by atoms with Crippen molar-refractivity contribution in [2.24, 2.45) is 0 Å². The molecule has 0 saturated heterocycles. The van der Waals surface area contributed by atoms with Crippen LogP contribution >= 0.6 is 23.2 Å². The van der Waals surface area contributed by atoms with Crippen molar-refractivity contribution in [1.82, 2.24) is 0 Å². The Labute approximate surface area is 123 Å². The summed E-state index contributed by atoms with van der Waals surface area (Å²) in [6, 6.07) is 5.87. The van der Waals surface area contributed by atoms with E-state index < -0.39 is 28.8 Å². The van der Waals surface area contributed by atoms with Crippen molar-refractivity contribution in [3.8, 4) is 0 Å². The normalized spacial score (nSPS) is 10.4. The lowest BCUT2D eigenvalue weighted by molar-refractivity contribution is 0.102. The molecular weight excluding hydrogens is 309 g/mol. The summed E-state index contributed by atoms with van der Waals surface area (Å²) in [6.07, 6.45) is 0. The number of amides is 1. The van der Waals surface area contributed by atoms with Crippen LogP contribution < -0.4 is 11.1 Å². The highest BCUT2D eigenvalue weighted by Crippen LogP contribution is 2.24. The number of nitrogen functional groups attached to an aromatic ring is 1. The van der Waals surface area contributed by atoms with E-state index in [0.29, 0.717) is 10.0 Å². The van der Waals surface area contributed by atoms with Crippen molar-refractivity contribution in [1.29, 1.82) is 0 Å². The van der Waals surface area contributed by atoms with Gasteiger partial charge < -0.3 is 11.1 Å². The van der Waals surface area contributed by atoms with Crippen LogP contribution in [0.1, 0.15) is 10.4 Å². The van der Waals surface area contributed by atoms with E-state index in [1.165, 1.54) is 18.2 Å². The van der Waals surface area contributed by atoms with Gasteiger partial charge in [-0.05, 0) is 30.3 Å². The standard InChI is InChI=1S/C13H8Cl2F2N2O/c14-6-1-7(15)3-9(2-6)19-13(20)10-4-8(16)5-11(18)12(10)17/h1-5H,18H2,(H,19,20). The van der Waals surface area contributed by atoms with E-state index in [2.05, 4.69) is 5.32 Å². The third kappa shape index (κ3) is 3.18. The summed E-state index contributed by atoms with van der Waals surface area (Å²) in [5, 5.41) is 2.96. The Morgan fingerprint density at radius 2 is 1.65 bits per heavy atom. The van der Waals surface area contributed by atoms with Crippen LogP contribution in [0.15, 0.2) is 30.3 Å². The SMILES string of the molecule is Nc1cc(F)cc(C(=O)Nc2cc(Cl)cc(Cl)c2)c1F. The fourth-order valence-electron chi connectivity index (χ4n) is 1.60. The van der Waals surface area contributed by atoms with Gasteiger partial charge in [-0.3, -0.25) is 4.79 Å². The van der Waals surface area contributed by atoms with E-state index in [1.54, 1.807) is 0 Å².